The van der Waals surface area contributed by atoms with E-state index in [1.807, 2.05) is 6.92 Å². The Morgan fingerprint density at radius 2 is 2.08 bits per heavy atom. The highest BCUT2D eigenvalue weighted by Gasteiger charge is 2.11. The predicted molar refractivity (Wildman–Crippen MR) is 50.7 cm³/mol. The van der Waals surface area contributed by atoms with E-state index in [-0.39, 0.29) is 0 Å². The predicted octanol–water partition coefficient (Wildman–Crippen LogP) is 0.582. The molecule has 1 aromatic carbocycles. The van der Waals surface area contributed by atoms with Crippen LogP contribution >= 0.6 is 11.6 Å². The second-order valence-corrected chi connectivity index (χ2v) is 2.99. The van der Waals surface area contributed by atoms with Crippen LogP contribution in [0.25, 0.3) is 0 Å². The Labute approximate surface area is 76.9 Å². The largest absolute Gasteiger partial charge is 0.488 e. The fourth-order valence-corrected chi connectivity index (χ4v) is 1.28. The molecular weight excluding hydrogens is 174 g/mol. The van der Waals surface area contributed by atoms with Crippen molar-refractivity contribution in [2.24, 2.45) is 0 Å². The summed E-state index contributed by atoms with van der Waals surface area (Å²) in [5.74, 6) is 0. The summed E-state index contributed by atoms with van der Waals surface area (Å²) in [6.07, 6.45) is 0.791. The van der Waals surface area contributed by atoms with Crippen molar-refractivity contribution in [3.63, 3.8) is 0 Å². The maximum atomic E-state index is 8.85. The molecule has 0 amide bonds. The van der Waals surface area contributed by atoms with E-state index in [1.165, 1.54) is 0 Å². The summed E-state index contributed by atoms with van der Waals surface area (Å²) in [7, 11) is -1.41. The fourth-order valence-electron chi connectivity index (χ4n) is 1.03. The van der Waals surface area contributed by atoms with Gasteiger partial charge in [0.25, 0.3) is 0 Å². The fraction of sp³-hybridized carbons (Fsp3) is 0.250. The molecule has 0 aliphatic heterocycles. The third kappa shape index (κ3) is 2.00. The molecule has 0 atom stereocenters. The van der Waals surface area contributed by atoms with Gasteiger partial charge >= 0.3 is 7.12 Å². The molecule has 0 fully saturated rings. The van der Waals surface area contributed by atoms with Gasteiger partial charge in [0.1, 0.15) is 0 Å². The Kier molecular flexibility index (Phi) is 3.15. The van der Waals surface area contributed by atoms with Gasteiger partial charge in [-0.05, 0) is 23.5 Å². The second-order valence-electron chi connectivity index (χ2n) is 2.58. The minimum absolute atomic E-state index is 0.483. The van der Waals surface area contributed by atoms with E-state index in [4.69, 9.17) is 21.6 Å². The zero-order valence-corrected chi connectivity index (χ0v) is 7.54. The summed E-state index contributed by atoms with van der Waals surface area (Å²) in [5, 5.41) is 18.4. The molecule has 12 heavy (non-hydrogen) atoms. The normalized spacial score (nSPS) is 10.0. The Hall–Kier alpha value is -0.505. The van der Waals surface area contributed by atoms with Crippen molar-refractivity contribution in [3.05, 3.63) is 28.8 Å². The number of rotatable bonds is 2. The van der Waals surface area contributed by atoms with E-state index >= 15 is 0 Å². The summed E-state index contributed by atoms with van der Waals surface area (Å²) >= 11 is 5.84. The molecular formula is C8H10BClO2. The molecule has 0 aromatic heterocycles. The van der Waals surface area contributed by atoms with E-state index in [9.17, 15) is 0 Å². The average Bonchev–Trinajstić information content (AvgIpc) is 2.05. The zero-order valence-electron chi connectivity index (χ0n) is 6.79. The Morgan fingerprint density at radius 3 is 2.58 bits per heavy atom. The van der Waals surface area contributed by atoms with E-state index in [2.05, 4.69) is 0 Å². The van der Waals surface area contributed by atoms with Crippen LogP contribution in [0.5, 0.6) is 0 Å². The van der Waals surface area contributed by atoms with Crippen LogP contribution in [0, 0.1) is 0 Å². The molecule has 0 heterocycles. The Morgan fingerprint density at radius 1 is 1.42 bits per heavy atom. The summed E-state index contributed by atoms with van der Waals surface area (Å²) in [6.45, 7) is 1.97. The Balaban J connectivity index is 3.05. The maximum absolute atomic E-state index is 8.85. The SMILES string of the molecule is CCc1cc(B(O)O)ccc1Cl. The lowest BCUT2D eigenvalue weighted by Crippen LogP contribution is -2.29. The van der Waals surface area contributed by atoms with Gasteiger partial charge in [0.15, 0.2) is 0 Å². The van der Waals surface area contributed by atoms with Crippen molar-refractivity contribution in [1.82, 2.24) is 0 Å². The smallest absolute Gasteiger partial charge is 0.423 e. The van der Waals surface area contributed by atoms with Crippen LogP contribution in [-0.2, 0) is 6.42 Å². The minimum Gasteiger partial charge on any atom is -0.423 e. The molecule has 1 aromatic rings. The van der Waals surface area contributed by atoms with Crippen LogP contribution in [0.1, 0.15) is 12.5 Å². The van der Waals surface area contributed by atoms with Crippen molar-refractivity contribution < 1.29 is 10.0 Å². The number of halogens is 1. The van der Waals surface area contributed by atoms with Crippen molar-refractivity contribution in [3.8, 4) is 0 Å². The first-order valence-corrected chi connectivity index (χ1v) is 4.17. The molecule has 64 valence electrons. The molecule has 0 spiro atoms. The monoisotopic (exact) mass is 184 g/mol. The van der Waals surface area contributed by atoms with E-state index < -0.39 is 7.12 Å². The topological polar surface area (TPSA) is 40.5 Å². The second kappa shape index (κ2) is 3.94. The number of hydrogen-bond acceptors (Lipinski definition) is 2. The molecule has 0 aliphatic rings. The van der Waals surface area contributed by atoms with E-state index in [0.717, 1.165) is 12.0 Å². The van der Waals surface area contributed by atoms with Crippen molar-refractivity contribution in [1.29, 1.82) is 0 Å². The number of aryl methyl sites for hydroxylation is 1. The molecule has 1 rings (SSSR count). The lowest BCUT2D eigenvalue weighted by molar-refractivity contribution is 0.425. The molecule has 4 heteroatoms. The molecule has 0 unspecified atom stereocenters. The average molecular weight is 184 g/mol. The highest BCUT2D eigenvalue weighted by Crippen LogP contribution is 2.13. The first-order valence-electron chi connectivity index (χ1n) is 3.79. The first-order chi connectivity index (χ1) is 5.65. The third-order valence-electron chi connectivity index (χ3n) is 1.75. The van der Waals surface area contributed by atoms with Gasteiger partial charge in [-0.3, -0.25) is 0 Å². The summed E-state index contributed by atoms with van der Waals surface area (Å²) in [4.78, 5) is 0. The summed E-state index contributed by atoms with van der Waals surface area (Å²) in [5.41, 5.74) is 1.42. The van der Waals surface area contributed by atoms with Gasteiger partial charge in [-0.25, -0.2) is 0 Å². The minimum atomic E-state index is -1.41. The van der Waals surface area contributed by atoms with Crippen LogP contribution in [0.15, 0.2) is 18.2 Å². The zero-order chi connectivity index (χ0) is 9.14. The molecule has 0 radical (unpaired) electrons. The first kappa shape index (κ1) is 9.58. The van der Waals surface area contributed by atoms with Crippen LogP contribution in [0.4, 0.5) is 0 Å². The highest BCUT2D eigenvalue weighted by atomic mass is 35.5. The standard InChI is InChI=1S/C8H10BClO2/c1-2-6-5-7(9(11)12)3-4-8(6)10/h3-5,11-12H,2H2,1H3. The Bertz CT molecular complexity index is 276. The molecule has 0 aliphatic carbocycles. The summed E-state index contributed by atoms with van der Waals surface area (Å²) in [6, 6.07) is 4.98. The van der Waals surface area contributed by atoms with Gasteiger partial charge in [-0.1, -0.05) is 30.7 Å². The van der Waals surface area contributed by atoms with Gasteiger partial charge in [0.05, 0.1) is 0 Å². The van der Waals surface area contributed by atoms with Gasteiger partial charge < -0.3 is 10.0 Å². The lowest BCUT2D eigenvalue weighted by Gasteiger charge is -2.04. The van der Waals surface area contributed by atoms with Gasteiger partial charge in [-0.15, -0.1) is 0 Å². The van der Waals surface area contributed by atoms with Crippen LogP contribution in [0.2, 0.25) is 5.02 Å². The van der Waals surface area contributed by atoms with Crippen LogP contribution in [0.3, 0.4) is 0 Å². The van der Waals surface area contributed by atoms with E-state index in [1.54, 1.807) is 18.2 Å². The molecule has 0 saturated carbocycles. The highest BCUT2D eigenvalue weighted by molar-refractivity contribution is 6.58. The van der Waals surface area contributed by atoms with Gasteiger partial charge in [0, 0.05) is 5.02 Å². The van der Waals surface area contributed by atoms with Crippen LogP contribution < -0.4 is 5.46 Å². The van der Waals surface area contributed by atoms with E-state index in [0.29, 0.717) is 10.5 Å². The molecule has 0 bridgehead atoms. The van der Waals surface area contributed by atoms with Gasteiger partial charge in [0.2, 0.25) is 0 Å². The summed E-state index contributed by atoms with van der Waals surface area (Å²) < 4.78 is 0. The van der Waals surface area contributed by atoms with Crippen molar-refractivity contribution in [2.45, 2.75) is 13.3 Å². The van der Waals surface area contributed by atoms with Crippen molar-refractivity contribution >= 4 is 24.2 Å². The molecule has 2 N–H and O–H groups in total. The molecule has 2 nitrogen and oxygen atoms in total. The van der Waals surface area contributed by atoms with Gasteiger partial charge in [-0.2, -0.15) is 0 Å². The number of hydrogen-bond donors (Lipinski definition) is 2. The van der Waals surface area contributed by atoms with Crippen LogP contribution in [-0.4, -0.2) is 17.2 Å². The lowest BCUT2D eigenvalue weighted by atomic mass is 9.79. The number of benzene rings is 1. The molecule has 0 saturated heterocycles. The maximum Gasteiger partial charge on any atom is 0.488 e. The van der Waals surface area contributed by atoms with Crippen molar-refractivity contribution in [2.75, 3.05) is 0 Å². The quantitative estimate of drug-likeness (QED) is 0.660. The third-order valence-corrected chi connectivity index (χ3v) is 2.12.